The lowest BCUT2D eigenvalue weighted by Crippen LogP contribution is -2.37. The van der Waals surface area contributed by atoms with E-state index < -0.39 is 24.1 Å². The molecule has 1 saturated heterocycles. The maximum atomic E-state index is 12.9. The number of halogens is 3. The Morgan fingerprint density at radius 2 is 1.96 bits per heavy atom. The Hall–Kier alpha value is -2.87. The van der Waals surface area contributed by atoms with Crippen molar-refractivity contribution in [2.45, 2.75) is 31.2 Å². The van der Waals surface area contributed by atoms with Crippen molar-refractivity contribution in [2.75, 3.05) is 6.61 Å². The van der Waals surface area contributed by atoms with E-state index in [0.29, 0.717) is 18.6 Å². The van der Waals surface area contributed by atoms with Crippen molar-refractivity contribution in [3.8, 4) is 0 Å². The van der Waals surface area contributed by atoms with Crippen LogP contribution in [-0.4, -0.2) is 28.6 Å². The van der Waals surface area contributed by atoms with Gasteiger partial charge >= 0.3 is 6.18 Å². The molecule has 28 heavy (non-hydrogen) atoms. The van der Waals surface area contributed by atoms with Gasteiger partial charge < -0.3 is 15.0 Å². The number of amides is 1. The average molecular weight is 389 g/mol. The number of hydrogen-bond donors (Lipinski definition) is 2. The number of rotatable bonds is 4. The Bertz CT molecular complexity index is 979. The number of aromatic nitrogens is 2. The first-order valence-corrected chi connectivity index (χ1v) is 8.95. The zero-order chi connectivity index (χ0) is 19.7. The van der Waals surface area contributed by atoms with E-state index in [9.17, 15) is 18.0 Å². The number of nitrogens with zero attached hydrogens (tertiary/aromatic N) is 1. The topological polar surface area (TPSA) is 67.0 Å². The zero-order valence-electron chi connectivity index (χ0n) is 14.8. The number of H-pyrrole nitrogens is 1. The van der Waals surface area contributed by atoms with Crippen LogP contribution in [0.3, 0.4) is 0 Å². The molecule has 0 saturated carbocycles. The van der Waals surface area contributed by atoms with Crippen LogP contribution in [0.5, 0.6) is 0 Å². The maximum Gasteiger partial charge on any atom is 0.449 e. The van der Waals surface area contributed by atoms with Crippen LogP contribution in [0.1, 0.15) is 35.8 Å². The second-order valence-corrected chi connectivity index (χ2v) is 6.71. The molecule has 146 valence electrons. The van der Waals surface area contributed by atoms with E-state index in [1.165, 1.54) is 6.07 Å². The highest BCUT2D eigenvalue weighted by Crippen LogP contribution is 2.30. The van der Waals surface area contributed by atoms with Crippen molar-refractivity contribution in [3.63, 3.8) is 0 Å². The van der Waals surface area contributed by atoms with Crippen LogP contribution in [0.15, 0.2) is 48.5 Å². The van der Waals surface area contributed by atoms with Crippen LogP contribution in [-0.2, 0) is 15.7 Å². The lowest BCUT2D eigenvalue weighted by molar-refractivity contribution is -0.144. The molecule has 1 fully saturated rings. The number of nitrogens with one attached hydrogen (secondary N) is 2. The van der Waals surface area contributed by atoms with Crippen LogP contribution in [0.2, 0.25) is 0 Å². The van der Waals surface area contributed by atoms with Gasteiger partial charge in [-0.2, -0.15) is 13.2 Å². The molecular weight excluding hydrogens is 371 g/mol. The first kappa shape index (κ1) is 18.5. The predicted octanol–water partition coefficient (Wildman–Crippen LogP) is 3.97. The van der Waals surface area contributed by atoms with Crippen molar-refractivity contribution in [2.24, 2.45) is 0 Å². The van der Waals surface area contributed by atoms with E-state index in [1.54, 1.807) is 12.1 Å². The van der Waals surface area contributed by atoms with Gasteiger partial charge in [0.15, 0.2) is 0 Å². The predicted molar refractivity (Wildman–Crippen MR) is 96.5 cm³/mol. The highest BCUT2D eigenvalue weighted by atomic mass is 19.4. The molecule has 4 rings (SSSR count). The minimum atomic E-state index is -4.55. The van der Waals surface area contributed by atoms with E-state index in [1.807, 2.05) is 30.3 Å². The van der Waals surface area contributed by atoms with Crippen molar-refractivity contribution in [3.05, 3.63) is 65.5 Å². The number of alkyl halides is 3. The number of hydrogen-bond acceptors (Lipinski definition) is 3. The summed E-state index contributed by atoms with van der Waals surface area (Å²) in [5.74, 6) is -1.27. The molecule has 0 aliphatic carbocycles. The lowest BCUT2D eigenvalue weighted by Gasteiger charge is -2.21. The van der Waals surface area contributed by atoms with Crippen molar-refractivity contribution >= 4 is 16.9 Å². The van der Waals surface area contributed by atoms with Gasteiger partial charge in [-0.1, -0.05) is 36.4 Å². The summed E-state index contributed by atoms with van der Waals surface area (Å²) in [6.45, 7) is 0.550. The van der Waals surface area contributed by atoms with Crippen LogP contribution < -0.4 is 5.32 Å². The summed E-state index contributed by atoms with van der Waals surface area (Å²) in [6.07, 6.45) is -3.57. The van der Waals surface area contributed by atoms with Gasteiger partial charge in [-0.3, -0.25) is 4.79 Å². The number of carbonyl (C=O) groups is 1. The quantitative estimate of drug-likeness (QED) is 0.710. The molecule has 0 spiro atoms. The second kappa shape index (κ2) is 7.27. The molecule has 8 heteroatoms. The Balaban J connectivity index is 1.70. The number of aromatic amines is 1. The lowest BCUT2D eigenvalue weighted by atomic mass is 9.98. The summed E-state index contributed by atoms with van der Waals surface area (Å²) in [5, 5.41) is 2.97. The molecule has 2 unspecified atom stereocenters. The van der Waals surface area contributed by atoms with Gasteiger partial charge in [-0.25, -0.2) is 4.98 Å². The van der Waals surface area contributed by atoms with E-state index in [4.69, 9.17) is 4.74 Å². The van der Waals surface area contributed by atoms with Gasteiger partial charge in [-0.05, 0) is 36.1 Å². The van der Waals surface area contributed by atoms with Gasteiger partial charge in [0.25, 0.3) is 0 Å². The Morgan fingerprint density at radius 1 is 1.18 bits per heavy atom. The smallest absolute Gasteiger partial charge is 0.368 e. The molecule has 2 heterocycles. The van der Waals surface area contributed by atoms with Gasteiger partial charge in [0.2, 0.25) is 11.7 Å². The molecule has 5 nitrogen and oxygen atoms in total. The summed E-state index contributed by atoms with van der Waals surface area (Å²) >= 11 is 0. The first-order valence-electron chi connectivity index (χ1n) is 8.95. The molecule has 1 aliphatic rings. The summed E-state index contributed by atoms with van der Waals surface area (Å²) in [5.41, 5.74) is 1.96. The monoisotopic (exact) mass is 389 g/mol. The highest BCUT2D eigenvalue weighted by Gasteiger charge is 2.35. The van der Waals surface area contributed by atoms with Gasteiger partial charge in [0.1, 0.15) is 6.10 Å². The fraction of sp³-hybridized carbons (Fsp3) is 0.300. The molecule has 1 aliphatic heterocycles. The van der Waals surface area contributed by atoms with Gasteiger partial charge in [0, 0.05) is 6.61 Å². The number of fused-ring (bicyclic) bond motifs is 1. The van der Waals surface area contributed by atoms with E-state index in [0.717, 1.165) is 12.0 Å². The van der Waals surface area contributed by atoms with Crippen molar-refractivity contribution < 1.29 is 22.7 Å². The SMILES string of the molecule is O=C(NC(c1ccccc1)c1ccc2nc(C(F)(F)F)[nH]c2c1)C1CCCO1. The zero-order valence-corrected chi connectivity index (χ0v) is 14.8. The Labute approximate surface area is 158 Å². The third kappa shape index (κ3) is 3.73. The fourth-order valence-corrected chi connectivity index (χ4v) is 3.37. The van der Waals surface area contributed by atoms with Crippen LogP contribution >= 0.6 is 0 Å². The largest absolute Gasteiger partial charge is 0.449 e. The molecule has 2 aromatic carbocycles. The first-order chi connectivity index (χ1) is 13.4. The molecule has 0 radical (unpaired) electrons. The third-order valence-electron chi connectivity index (χ3n) is 4.75. The normalized spacial score (nSPS) is 18.3. The number of ether oxygens (including phenoxy) is 1. The summed E-state index contributed by atoms with van der Waals surface area (Å²) < 4.78 is 44.2. The Kier molecular flexibility index (Phi) is 4.80. The number of imidazole rings is 1. The fourth-order valence-electron chi connectivity index (χ4n) is 3.37. The van der Waals surface area contributed by atoms with E-state index in [-0.39, 0.29) is 16.9 Å². The Morgan fingerprint density at radius 3 is 2.64 bits per heavy atom. The summed E-state index contributed by atoms with van der Waals surface area (Å²) in [7, 11) is 0. The van der Waals surface area contributed by atoms with Crippen LogP contribution in [0, 0.1) is 0 Å². The second-order valence-electron chi connectivity index (χ2n) is 6.71. The van der Waals surface area contributed by atoms with E-state index in [2.05, 4.69) is 15.3 Å². The minimum Gasteiger partial charge on any atom is -0.368 e. The van der Waals surface area contributed by atoms with Crippen molar-refractivity contribution in [1.82, 2.24) is 15.3 Å². The molecule has 3 aromatic rings. The van der Waals surface area contributed by atoms with Gasteiger partial charge in [-0.15, -0.1) is 0 Å². The highest BCUT2D eigenvalue weighted by molar-refractivity contribution is 5.82. The van der Waals surface area contributed by atoms with Crippen LogP contribution in [0.4, 0.5) is 13.2 Å². The van der Waals surface area contributed by atoms with Gasteiger partial charge in [0.05, 0.1) is 17.1 Å². The average Bonchev–Trinajstić information content (AvgIpc) is 3.35. The molecular formula is C20H18F3N3O2. The number of benzene rings is 2. The molecule has 1 amide bonds. The summed E-state index contributed by atoms with van der Waals surface area (Å²) in [4.78, 5) is 18.5. The van der Waals surface area contributed by atoms with Crippen LogP contribution in [0.25, 0.3) is 11.0 Å². The summed E-state index contributed by atoms with van der Waals surface area (Å²) in [6, 6.07) is 13.5. The molecule has 0 bridgehead atoms. The molecule has 2 N–H and O–H groups in total. The van der Waals surface area contributed by atoms with E-state index >= 15 is 0 Å². The molecule has 2 atom stereocenters. The molecule has 1 aromatic heterocycles. The third-order valence-corrected chi connectivity index (χ3v) is 4.75. The maximum absolute atomic E-state index is 12.9. The standard InChI is InChI=1S/C20H18F3N3O2/c21-20(22,23)19-24-14-9-8-13(11-15(14)25-19)17(12-5-2-1-3-6-12)26-18(27)16-7-4-10-28-16/h1-3,5-6,8-9,11,16-17H,4,7,10H2,(H,24,25)(H,26,27). The number of carbonyl (C=O) groups excluding carboxylic acids is 1. The minimum absolute atomic E-state index is 0.216. The van der Waals surface area contributed by atoms with Crippen molar-refractivity contribution in [1.29, 1.82) is 0 Å².